The Balaban J connectivity index is 1.35. The summed E-state index contributed by atoms with van der Waals surface area (Å²) in [6, 6.07) is 18.6. The first-order valence-electron chi connectivity index (χ1n) is 11.4. The molecule has 1 aliphatic rings. The molecule has 0 spiro atoms. The fourth-order valence-electron chi connectivity index (χ4n) is 4.19. The molecule has 1 aromatic heterocycles. The van der Waals surface area contributed by atoms with Crippen molar-refractivity contribution in [3.63, 3.8) is 0 Å². The third-order valence-corrected chi connectivity index (χ3v) is 6.05. The molecule has 4 rings (SSSR count). The van der Waals surface area contributed by atoms with Crippen molar-refractivity contribution in [1.29, 1.82) is 0 Å². The van der Waals surface area contributed by atoms with Crippen LogP contribution in [0.3, 0.4) is 0 Å². The Morgan fingerprint density at radius 3 is 2.67 bits per heavy atom. The number of Topliss-reactive ketones (excluding diaryl/α,β-unsaturated/α-hetero) is 1. The van der Waals surface area contributed by atoms with E-state index < -0.39 is 0 Å². The van der Waals surface area contributed by atoms with E-state index in [1.807, 2.05) is 50.2 Å². The zero-order chi connectivity index (χ0) is 23.2. The number of aromatic nitrogens is 1. The summed E-state index contributed by atoms with van der Waals surface area (Å²) in [5.74, 6) is 0.220. The van der Waals surface area contributed by atoms with Gasteiger partial charge in [-0.2, -0.15) is 0 Å². The number of benzene rings is 2. The van der Waals surface area contributed by atoms with Crippen molar-refractivity contribution in [2.45, 2.75) is 45.9 Å². The smallest absolute Gasteiger partial charge is 0.251 e. The fourth-order valence-corrected chi connectivity index (χ4v) is 4.19. The van der Waals surface area contributed by atoms with Crippen molar-refractivity contribution in [2.75, 3.05) is 13.2 Å². The van der Waals surface area contributed by atoms with E-state index in [1.165, 1.54) is 0 Å². The highest BCUT2D eigenvalue weighted by atomic mass is 16.5. The van der Waals surface area contributed by atoms with Gasteiger partial charge in [-0.1, -0.05) is 36.4 Å². The van der Waals surface area contributed by atoms with Gasteiger partial charge in [-0.25, -0.2) is 0 Å². The Labute approximate surface area is 194 Å². The molecule has 2 heterocycles. The van der Waals surface area contributed by atoms with Crippen molar-refractivity contribution in [2.24, 2.45) is 0 Å². The first-order chi connectivity index (χ1) is 16.0. The van der Waals surface area contributed by atoms with Gasteiger partial charge in [-0.15, -0.1) is 0 Å². The number of nitrogens with one attached hydrogen (secondary N) is 1. The number of aryl methyl sites for hydroxylation is 1. The monoisotopic (exact) mass is 446 g/mol. The SMILES string of the molecule is Cc1cc(C(=O)COc2cccc(C(=O)NCc3ccccc3)c2)c(C)n1C[C@@H]1CCCO1. The molecule has 1 aliphatic heterocycles. The lowest BCUT2D eigenvalue weighted by Gasteiger charge is -2.15. The zero-order valence-electron chi connectivity index (χ0n) is 19.2. The van der Waals surface area contributed by atoms with E-state index in [0.717, 1.165) is 42.9 Å². The maximum atomic E-state index is 12.9. The van der Waals surface area contributed by atoms with Crippen LogP contribution in [0.25, 0.3) is 0 Å². The lowest BCUT2D eigenvalue weighted by molar-refractivity contribution is 0.0914. The molecule has 1 amide bonds. The molecule has 2 aromatic carbocycles. The van der Waals surface area contributed by atoms with E-state index in [1.54, 1.807) is 24.3 Å². The van der Waals surface area contributed by atoms with Crippen LogP contribution in [0.5, 0.6) is 5.75 Å². The first-order valence-corrected chi connectivity index (χ1v) is 11.4. The predicted octanol–water partition coefficient (Wildman–Crippen LogP) is 4.48. The van der Waals surface area contributed by atoms with Gasteiger partial charge in [0.25, 0.3) is 5.91 Å². The largest absolute Gasteiger partial charge is 0.485 e. The lowest BCUT2D eigenvalue weighted by Crippen LogP contribution is -2.22. The van der Waals surface area contributed by atoms with E-state index in [9.17, 15) is 9.59 Å². The molecular weight excluding hydrogens is 416 g/mol. The second-order valence-electron chi connectivity index (χ2n) is 8.44. The average Bonchev–Trinajstić information content (AvgIpc) is 3.46. The Bertz CT molecular complexity index is 1110. The number of hydrogen-bond donors (Lipinski definition) is 1. The van der Waals surface area contributed by atoms with E-state index in [2.05, 4.69) is 9.88 Å². The summed E-state index contributed by atoms with van der Waals surface area (Å²) < 4.78 is 13.7. The van der Waals surface area contributed by atoms with Crippen molar-refractivity contribution in [3.8, 4) is 5.75 Å². The number of carbonyl (C=O) groups excluding carboxylic acids is 2. The van der Waals surface area contributed by atoms with Gasteiger partial charge in [-0.05, 0) is 56.5 Å². The Morgan fingerprint density at radius 2 is 1.91 bits per heavy atom. The highest BCUT2D eigenvalue weighted by Gasteiger charge is 2.21. The van der Waals surface area contributed by atoms with Gasteiger partial charge in [-0.3, -0.25) is 9.59 Å². The second kappa shape index (κ2) is 10.5. The van der Waals surface area contributed by atoms with Crippen LogP contribution in [-0.2, 0) is 17.8 Å². The molecule has 0 radical (unpaired) electrons. The maximum absolute atomic E-state index is 12.9. The minimum atomic E-state index is -0.187. The standard InChI is InChI=1S/C27H30N2O4/c1-19-14-25(20(2)29(19)17-24-12-7-13-32-24)26(30)18-33-23-11-6-10-22(15-23)27(31)28-16-21-8-4-3-5-9-21/h3-6,8-11,14-15,24H,7,12-13,16-18H2,1-2H3,(H,28,31)/t24-/m0/s1. The van der Waals surface area contributed by atoms with Crippen molar-refractivity contribution < 1.29 is 19.1 Å². The van der Waals surface area contributed by atoms with E-state index in [-0.39, 0.29) is 24.4 Å². The van der Waals surface area contributed by atoms with Gasteiger partial charge in [0.05, 0.1) is 6.10 Å². The molecule has 1 N–H and O–H groups in total. The van der Waals surface area contributed by atoms with Crippen LogP contribution < -0.4 is 10.1 Å². The maximum Gasteiger partial charge on any atom is 0.251 e. The van der Waals surface area contributed by atoms with Gasteiger partial charge in [0.15, 0.2) is 6.61 Å². The Hall–Kier alpha value is -3.38. The third kappa shape index (κ3) is 5.71. The average molecular weight is 447 g/mol. The Morgan fingerprint density at radius 1 is 1.09 bits per heavy atom. The fraction of sp³-hybridized carbons (Fsp3) is 0.333. The third-order valence-electron chi connectivity index (χ3n) is 6.05. The second-order valence-corrected chi connectivity index (χ2v) is 8.44. The lowest BCUT2D eigenvalue weighted by atomic mass is 10.1. The molecule has 172 valence electrons. The van der Waals surface area contributed by atoms with Crippen LogP contribution in [-0.4, -0.2) is 35.6 Å². The number of amides is 1. The first kappa shape index (κ1) is 22.8. The summed E-state index contributed by atoms with van der Waals surface area (Å²) in [4.78, 5) is 25.4. The summed E-state index contributed by atoms with van der Waals surface area (Å²) in [5.41, 5.74) is 4.17. The number of nitrogens with zero attached hydrogens (tertiary/aromatic N) is 1. The van der Waals surface area contributed by atoms with Crippen LogP contribution in [0, 0.1) is 13.8 Å². The molecule has 0 saturated carbocycles. The molecule has 3 aromatic rings. The number of ketones is 1. The summed E-state index contributed by atoms with van der Waals surface area (Å²) in [5, 5.41) is 2.90. The number of carbonyl (C=O) groups is 2. The molecule has 0 aliphatic carbocycles. The number of ether oxygens (including phenoxy) is 2. The van der Waals surface area contributed by atoms with Gasteiger partial charge in [0, 0.05) is 42.2 Å². The Kier molecular flexibility index (Phi) is 7.25. The summed E-state index contributed by atoms with van der Waals surface area (Å²) in [7, 11) is 0. The van der Waals surface area contributed by atoms with Crippen molar-refractivity contribution in [1.82, 2.24) is 9.88 Å². The normalized spacial score (nSPS) is 15.4. The van der Waals surface area contributed by atoms with Crippen molar-refractivity contribution >= 4 is 11.7 Å². The molecule has 0 unspecified atom stereocenters. The van der Waals surface area contributed by atoms with Crippen LogP contribution in [0.1, 0.15) is 50.5 Å². The van der Waals surface area contributed by atoms with Crippen LogP contribution in [0.15, 0.2) is 60.7 Å². The predicted molar refractivity (Wildman–Crippen MR) is 127 cm³/mol. The van der Waals surface area contributed by atoms with Gasteiger partial charge >= 0.3 is 0 Å². The van der Waals surface area contributed by atoms with Gasteiger partial charge in [0.1, 0.15) is 5.75 Å². The van der Waals surface area contributed by atoms with Crippen LogP contribution in [0.2, 0.25) is 0 Å². The molecule has 6 nitrogen and oxygen atoms in total. The molecule has 33 heavy (non-hydrogen) atoms. The minimum Gasteiger partial charge on any atom is -0.485 e. The van der Waals surface area contributed by atoms with Crippen molar-refractivity contribution in [3.05, 3.63) is 88.7 Å². The van der Waals surface area contributed by atoms with Crippen LogP contribution in [0.4, 0.5) is 0 Å². The van der Waals surface area contributed by atoms with Gasteiger partial charge in [0.2, 0.25) is 5.78 Å². The molecule has 0 bridgehead atoms. The summed E-state index contributed by atoms with van der Waals surface area (Å²) in [6.45, 7) is 5.92. The van der Waals surface area contributed by atoms with E-state index in [4.69, 9.17) is 9.47 Å². The molecular formula is C27H30N2O4. The quantitative estimate of drug-likeness (QED) is 0.492. The summed E-state index contributed by atoms with van der Waals surface area (Å²) in [6.07, 6.45) is 2.36. The highest BCUT2D eigenvalue weighted by molar-refractivity contribution is 5.98. The summed E-state index contributed by atoms with van der Waals surface area (Å²) >= 11 is 0. The van der Waals surface area contributed by atoms with Gasteiger partial charge < -0.3 is 19.4 Å². The van der Waals surface area contributed by atoms with Crippen LogP contribution >= 0.6 is 0 Å². The molecule has 1 atom stereocenters. The highest BCUT2D eigenvalue weighted by Crippen LogP contribution is 2.21. The number of rotatable bonds is 9. The topological polar surface area (TPSA) is 69.6 Å². The molecule has 1 fully saturated rings. The van der Waals surface area contributed by atoms with E-state index in [0.29, 0.717) is 23.4 Å². The number of hydrogen-bond acceptors (Lipinski definition) is 4. The molecule has 6 heteroatoms. The zero-order valence-corrected chi connectivity index (χ0v) is 19.2. The minimum absolute atomic E-state index is 0.0828. The molecule has 1 saturated heterocycles. The van der Waals surface area contributed by atoms with E-state index >= 15 is 0 Å².